The van der Waals surface area contributed by atoms with E-state index in [9.17, 15) is 4.79 Å². The van der Waals surface area contributed by atoms with Crippen molar-refractivity contribution in [1.29, 1.82) is 0 Å². The summed E-state index contributed by atoms with van der Waals surface area (Å²) in [5.74, 6) is -0.118. The third-order valence-electron chi connectivity index (χ3n) is 2.07. The first kappa shape index (κ1) is 12.4. The van der Waals surface area contributed by atoms with Gasteiger partial charge in [-0.25, -0.2) is 0 Å². The van der Waals surface area contributed by atoms with Gasteiger partial charge in [0.25, 0.3) is 0 Å². The van der Waals surface area contributed by atoms with Crippen LogP contribution >= 0.6 is 0 Å². The fraction of sp³-hybridized carbons (Fsp3) is 0.333. The summed E-state index contributed by atoms with van der Waals surface area (Å²) in [5.41, 5.74) is 1.16. The van der Waals surface area contributed by atoms with Crippen LogP contribution in [0, 0.1) is 0 Å². The minimum absolute atomic E-state index is 0.118. The van der Waals surface area contributed by atoms with Crippen LogP contribution in [0.25, 0.3) is 0 Å². The van der Waals surface area contributed by atoms with Crippen molar-refractivity contribution in [3.63, 3.8) is 0 Å². The average molecular weight is 219 g/mol. The number of hydrogen-bond donors (Lipinski definition) is 2. The van der Waals surface area contributed by atoms with Gasteiger partial charge in [0.15, 0.2) is 0 Å². The molecule has 0 atom stereocenters. The lowest BCUT2D eigenvalue weighted by Gasteiger charge is -2.04. The quantitative estimate of drug-likeness (QED) is 0.528. The van der Waals surface area contributed by atoms with E-state index in [-0.39, 0.29) is 5.91 Å². The smallest absolute Gasteiger partial charge is 0.243 e. The molecule has 0 spiro atoms. The van der Waals surface area contributed by atoms with Crippen LogP contribution in [0.4, 0.5) is 0 Å². The second kappa shape index (κ2) is 7.59. The molecule has 86 valence electrons. The summed E-state index contributed by atoms with van der Waals surface area (Å²) < 4.78 is 0. The highest BCUT2D eigenvalue weighted by Gasteiger charge is 1.93. The Kier molecular flexibility index (Phi) is 5.88. The lowest BCUT2D eigenvalue weighted by atomic mass is 10.3. The summed E-state index contributed by atoms with van der Waals surface area (Å²) in [7, 11) is 0. The summed E-state index contributed by atoms with van der Waals surface area (Å²) in [6.07, 6.45) is 5.78. The molecule has 0 unspecified atom stereocenters. The molecule has 1 amide bonds. The first-order valence-electron chi connectivity index (χ1n) is 5.33. The minimum atomic E-state index is -0.118. The van der Waals surface area contributed by atoms with Crippen LogP contribution < -0.4 is 10.6 Å². The number of nitrogens with one attached hydrogen (secondary N) is 2. The van der Waals surface area contributed by atoms with Gasteiger partial charge < -0.3 is 10.6 Å². The number of carbonyl (C=O) groups excluding carboxylic acids is 1. The van der Waals surface area contributed by atoms with E-state index in [1.807, 2.05) is 18.3 Å². The maximum absolute atomic E-state index is 10.8. The number of aromatic nitrogens is 1. The number of hydrogen-bond acceptors (Lipinski definition) is 3. The Labute approximate surface area is 95.8 Å². The van der Waals surface area contributed by atoms with E-state index in [2.05, 4.69) is 22.2 Å². The molecule has 1 rings (SSSR count). The molecule has 0 radical (unpaired) electrons. The highest BCUT2D eigenvalue weighted by Crippen LogP contribution is 1.93. The molecule has 4 nitrogen and oxygen atoms in total. The van der Waals surface area contributed by atoms with Crippen LogP contribution in [0.3, 0.4) is 0 Å². The third-order valence-corrected chi connectivity index (χ3v) is 2.07. The monoisotopic (exact) mass is 219 g/mol. The summed E-state index contributed by atoms with van der Waals surface area (Å²) in [5, 5.41) is 6.00. The first-order valence-corrected chi connectivity index (χ1v) is 5.33. The number of nitrogens with zero attached hydrogens (tertiary/aromatic N) is 1. The summed E-state index contributed by atoms with van der Waals surface area (Å²) in [6.45, 7) is 5.73. The van der Waals surface area contributed by atoms with Gasteiger partial charge in [0, 0.05) is 25.5 Å². The zero-order chi connectivity index (χ0) is 11.6. The van der Waals surface area contributed by atoms with Crippen LogP contribution in [-0.2, 0) is 11.3 Å². The van der Waals surface area contributed by atoms with Gasteiger partial charge in [-0.1, -0.05) is 12.6 Å². The zero-order valence-electron chi connectivity index (χ0n) is 9.28. The van der Waals surface area contributed by atoms with Crippen molar-refractivity contribution >= 4 is 5.91 Å². The normalized spacial score (nSPS) is 9.75. The number of amides is 1. The van der Waals surface area contributed by atoms with Crippen LogP contribution in [0.15, 0.2) is 37.2 Å². The van der Waals surface area contributed by atoms with Crippen LogP contribution in [-0.4, -0.2) is 24.0 Å². The van der Waals surface area contributed by atoms with E-state index in [4.69, 9.17) is 0 Å². The average Bonchev–Trinajstić information content (AvgIpc) is 2.34. The van der Waals surface area contributed by atoms with Crippen molar-refractivity contribution in [2.75, 3.05) is 13.1 Å². The van der Waals surface area contributed by atoms with Crippen molar-refractivity contribution in [2.45, 2.75) is 13.0 Å². The van der Waals surface area contributed by atoms with E-state index >= 15 is 0 Å². The second-order valence-electron chi connectivity index (χ2n) is 3.39. The lowest BCUT2D eigenvalue weighted by Crippen LogP contribution is -2.25. The maximum Gasteiger partial charge on any atom is 0.243 e. The number of carbonyl (C=O) groups is 1. The Morgan fingerprint density at radius 1 is 1.50 bits per heavy atom. The predicted octanol–water partition coefficient (Wildman–Crippen LogP) is 0.863. The molecule has 0 aromatic carbocycles. The molecule has 1 heterocycles. The van der Waals surface area contributed by atoms with Crippen molar-refractivity contribution in [3.05, 3.63) is 42.7 Å². The molecule has 4 heteroatoms. The van der Waals surface area contributed by atoms with Gasteiger partial charge >= 0.3 is 0 Å². The Bertz CT molecular complexity index is 324. The summed E-state index contributed by atoms with van der Waals surface area (Å²) >= 11 is 0. The number of pyridine rings is 1. The maximum atomic E-state index is 10.8. The molecule has 0 aliphatic heterocycles. The fourth-order valence-corrected chi connectivity index (χ4v) is 1.23. The van der Waals surface area contributed by atoms with Crippen molar-refractivity contribution in [1.82, 2.24) is 15.6 Å². The summed E-state index contributed by atoms with van der Waals surface area (Å²) in [4.78, 5) is 14.8. The van der Waals surface area contributed by atoms with E-state index in [1.165, 1.54) is 6.08 Å². The predicted molar refractivity (Wildman–Crippen MR) is 63.8 cm³/mol. The van der Waals surface area contributed by atoms with Crippen molar-refractivity contribution in [3.8, 4) is 0 Å². The Balaban J connectivity index is 2.00. The van der Waals surface area contributed by atoms with Gasteiger partial charge in [-0.15, -0.1) is 0 Å². The van der Waals surface area contributed by atoms with E-state index in [1.54, 1.807) is 6.20 Å². The van der Waals surface area contributed by atoms with Crippen LogP contribution in [0.5, 0.6) is 0 Å². The van der Waals surface area contributed by atoms with Crippen molar-refractivity contribution < 1.29 is 4.79 Å². The standard InChI is InChI=1S/C12H17N3O/c1-2-12(16)15-8-4-7-14-10-11-5-3-6-13-9-11/h2-3,5-6,9,14H,1,4,7-8,10H2,(H,15,16). The molecule has 0 saturated carbocycles. The Morgan fingerprint density at radius 3 is 3.06 bits per heavy atom. The summed E-state index contributed by atoms with van der Waals surface area (Å²) in [6, 6.07) is 3.95. The highest BCUT2D eigenvalue weighted by atomic mass is 16.1. The minimum Gasteiger partial charge on any atom is -0.353 e. The highest BCUT2D eigenvalue weighted by molar-refractivity contribution is 5.86. The van der Waals surface area contributed by atoms with Gasteiger partial charge in [-0.2, -0.15) is 0 Å². The molecule has 0 saturated heterocycles. The van der Waals surface area contributed by atoms with Gasteiger partial charge in [0.1, 0.15) is 0 Å². The molecule has 0 bridgehead atoms. The Hall–Kier alpha value is -1.68. The molecule has 1 aromatic heterocycles. The van der Waals surface area contributed by atoms with Crippen LogP contribution in [0.1, 0.15) is 12.0 Å². The van der Waals surface area contributed by atoms with E-state index < -0.39 is 0 Å². The molecular weight excluding hydrogens is 202 g/mol. The molecule has 0 fully saturated rings. The molecule has 0 aliphatic carbocycles. The Morgan fingerprint density at radius 2 is 2.38 bits per heavy atom. The topological polar surface area (TPSA) is 54.0 Å². The molecule has 1 aromatic rings. The lowest BCUT2D eigenvalue weighted by molar-refractivity contribution is -0.116. The first-order chi connectivity index (χ1) is 7.83. The van der Waals surface area contributed by atoms with Crippen molar-refractivity contribution in [2.24, 2.45) is 0 Å². The second-order valence-corrected chi connectivity index (χ2v) is 3.39. The fourth-order valence-electron chi connectivity index (χ4n) is 1.23. The number of rotatable bonds is 7. The van der Waals surface area contributed by atoms with Gasteiger partial charge in [-0.05, 0) is 30.7 Å². The van der Waals surface area contributed by atoms with E-state index in [0.717, 1.165) is 25.1 Å². The SMILES string of the molecule is C=CC(=O)NCCCNCc1cccnc1. The molecule has 0 aliphatic rings. The molecular formula is C12H17N3O. The third kappa shape index (κ3) is 5.26. The van der Waals surface area contributed by atoms with Crippen LogP contribution in [0.2, 0.25) is 0 Å². The molecule has 2 N–H and O–H groups in total. The van der Waals surface area contributed by atoms with Gasteiger partial charge in [0.05, 0.1) is 0 Å². The van der Waals surface area contributed by atoms with E-state index in [0.29, 0.717) is 6.54 Å². The largest absolute Gasteiger partial charge is 0.353 e. The van der Waals surface area contributed by atoms with Gasteiger partial charge in [0.2, 0.25) is 5.91 Å². The zero-order valence-corrected chi connectivity index (χ0v) is 9.28. The molecule has 16 heavy (non-hydrogen) atoms. The van der Waals surface area contributed by atoms with Gasteiger partial charge in [-0.3, -0.25) is 9.78 Å².